The summed E-state index contributed by atoms with van der Waals surface area (Å²) < 4.78 is 10.6. The molecule has 0 bridgehead atoms. The number of hydrogen-bond acceptors (Lipinski definition) is 7. The maximum atomic E-state index is 11.3. The lowest BCUT2D eigenvalue weighted by Gasteiger charge is -2.34. The highest BCUT2D eigenvalue weighted by atomic mass is 16.6. The summed E-state index contributed by atoms with van der Waals surface area (Å²) in [5.41, 5.74) is 0.930. The molecule has 8 heteroatoms. The Balaban J connectivity index is 1.76. The van der Waals surface area contributed by atoms with Crippen LogP contribution in [0.1, 0.15) is 12.8 Å². The zero-order chi connectivity index (χ0) is 18.5. The average Bonchev–Trinajstić information content (AvgIpc) is 2.67. The summed E-state index contributed by atoms with van der Waals surface area (Å²) in [7, 11) is 3.22. The summed E-state index contributed by atoms with van der Waals surface area (Å²) in [6, 6.07) is 8.85. The van der Waals surface area contributed by atoms with Crippen LogP contribution in [0.15, 0.2) is 36.5 Å². The molecule has 1 N–H and O–H groups in total. The molecule has 26 heavy (non-hydrogen) atoms. The fourth-order valence-corrected chi connectivity index (χ4v) is 3.19. The minimum atomic E-state index is -0.383. The summed E-state index contributed by atoms with van der Waals surface area (Å²) in [6.45, 7) is 1.38. The number of benzene rings is 1. The second kappa shape index (κ2) is 7.90. The monoisotopic (exact) mass is 358 g/mol. The molecule has 1 atom stereocenters. The molecular formula is C18H22N4O4. The number of rotatable bonds is 6. The molecule has 2 heterocycles. The van der Waals surface area contributed by atoms with E-state index in [4.69, 9.17) is 9.47 Å². The van der Waals surface area contributed by atoms with Crippen LogP contribution in [0.5, 0.6) is 11.5 Å². The molecule has 1 aromatic heterocycles. The quantitative estimate of drug-likeness (QED) is 0.627. The number of nitrogens with zero attached hydrogens (tertiary/aromatic N) is 3. The van der Waals surface area contributed by atoms with Crippen LogP contribution < -0.4 is 19.7 Å². The van der Waals surface area contributed by atoms with E-state index >= 15 is 0 Å². The fraction of sp³-hybridized carbons (Fsp3) is 0.389. The number of aromatic nitrogens is 1. The van der Waals surface area contributed by atoms with Gasteiger partial charge in [-0.05, 0) is 18.9 Å². The smallest absolute Gasteiger partial charge is 0.311 e. The van der Waals surface area contributed by atoms with Gasteiger partial charge in [0, 0.05) is 55.3 Å². The van der Waals surface area contributed by atoms with E-state index in [0.29, 0.717) is 23.9 Å². The van der Waals surface area contributed by atoms with Crippen LogP contribution in [0.25, 0.3) is 0 Å². The Morgan fingerprint density at radius 1 is 1.27 bits per heavy atom. The first kappa shape index (κ1) is 17.8. The van der Waals surface area contributed by atoms with Gasteiger partial charge < -0.3 is 19.7 Å². The van der Waals surface area contributed by atoms with Crippen LogP contribution in [0.4, 0.5) is 17.2 Å². The molecule has 0 spiro atoms. The summed E-state index contributed by atoms with van der Waals surface area (Å²) in [6.07, 6.45) is 3.48. The lowest BCUT2D eigenvalue weighted by atomic mass is 10.0. The number of pyridine rings is 1. The van der Waals surface area contributed by atoms with E-state index in [1.165, 1.54) is 6.07 Å². The Hall–Kier alpha value is -3.03. The Labute approximate surface area is 151 Å². The highest BCUT2D eigenvalue weighted by Crippen LogP contribution is 2.30. The van der Waals surface area contributed by atoms with Gasteiger partial charge in [0.05, 0.1) is 19.1 Å². The van der Waals surface area contributed by atoms with Crippen molar-refractivity contribution < 1.29 is 14.4 Å². The van der Waals surface area contributed by atoms with E-state index in [0.717, 1.165) is 25.1 Å². The number of nitro groups is 1. The molecule has 8 nitrogen and oxygen atoms in total. The van der Waals surface area contributed by atoms with Gasteiger partial charge in [-0.1, -0.05) is 0 Å². The van der Waals surface area contributed by atoms with E-state index in [-0.39, 0.29) is 16.7 Å². The Morgan fingerprint density at radius 2 is 2.00 bits per heavy atom. The molecule has 1 aliphatic rings. The van der Waals surface area contributed by atoms with Crippen molar-refractivity contribution >= 4 is 17.2 Å². The second-order valence-electron chi connectivity index (χ2n) is 6.13. The molecule has 1 aliphatic heterocycles. The van der Waals surface area contributed by atoms with Gasteiger partial charge in [-0.15, -0.1) is 0 Å². The summed E-state index contributed by atoms with van der Waals surface area (Å²) in [5, 5.41) is 14.8. The molecule has 0 aliphatic carbocycles. The lowest BCUT2D eigenvalue weighted by molar-refractivity contribution is -0.384. The van der Waals surface area contributed by atoms with E-state index in [1.54, 1.807) is 26.5 Å². The number of nitrogens with one attached hydrogen (secondary N) is 1. The van der Waals surface area contributed by atoms with E-state index < -0.39 is 0 Å². The van der Waals surface area contributed by atoms with Crippen molar-refractivity contribution in [2.75, 3.05) is 37.5 Å². The molecule has 1 saturated heterocycles. The first-order valence-corrected chi connectivity index (χ1v) is 8.44. The van der Waals surface area contributed by atoms with Gasteiger partial charge in [-0.25, -0.2) is 4.98 Å². The van der Waals surface area contributed by atoms with Crippen LogP contribution in [0, 0.1) is 10.1 Å². The van der Waals surface area contributed by atoms with Gasteiger partial charge in [0.25, 0.3) is 0 Å². The molecule has 138 valence electrons. The summed E-state index contributed by atoms with van der Waals surface area (Å²) >= 11 is 0. The van der Waals surface area contributed by atoms with E-state index in [1.807, 2.05) is 23.1 Å². The van der Waals surface area contributed by atoms with Crippen molar-refractivity contribution in [2.45, 2.75) is 18.9 Å². The van der Waals surface area contributed by atoms with Crippen molar-refractivity contribution in [2.24, 2.45) is 0 Å². The van der Waals surface area contributed by atoms with Crippen LogP contribution in [0.2, 0.25) is 0 Å². The molecule has 1 fully saturated rings. The minimum Gasteiger partial charge on any atom is -0.497 e. The molecule has 2 aromatic rings. The Morgan fingerprint density at radius 3 is 2.65 bits per heavy atom. The average molecular weight is 358 g/mol. The molecule has 0 amide bonds. The third-order valence-corrected chi connectivity index (χ3v) is 4.41. The third-order valence-electron chi connectivity index (χ3n) is 4.41. The van der Waals surface area contributed by atoms with Gasteiger partial charge in [-0.3, -0.25) is 10.1 Å². The first-order chi connectivity index (χ1) is 12.6. The van der Waals surface area contributed by atoms with E-state index in [2.05, 4.69) is 10.3 Å². The van der Waals surface area contributed by atoms with Crippen molar-refractivity contribution in [3.63, 3.8) is 0 Å². The predicted molar refractivity (Wildman–Crippen MR) is 99.3 cm³/mol. The molecule has 3 rings (SSSR count). The minimum absolute atomic E-state index is 0.0381. The Bertz CT molecular complexity index is 761. The van der Waals surface area contributed by atoms with Crippen LogP contribution in [-0.2, 0) is 0 Å². The maximum Gasteiger partial charge on any atom is 0.311 e. The molecule has 0 saturated carbocycles. The molecular weight excluding hydrogens is 336 g/mol. The van der Waals surface area contributed by atoms with Gasteiger partial charge in [0.15, 0.2) is 0 Å². The van der Waals surface area contributed by atoms with Crippen molar-refractivity contribution in [1.29, 1.82) is 0 Å². The first-order valence-electron chi connectivity index (χ1n) is 8.44. The van der Waals surface area contributed by atoms with Gasteiger partial charge in [0.2, 0.25) is 5.82 Å². The van der Waals surface area contributed by atoms with Crippen LogP contribution >= 0.6 is 0 Å². The Kier molecular flexibility index (Phi) is 5.40. The van der Waals surface area contributed by atoms with Crippen molar-refractivity contribution in [1.82, 2.24) is 4.98 Å². The van der Waals surface area contributed by atoms with E-state index in [9.17, 15) is 10.1 Å². The number of ether oxygens (including phenoxy) is 2. The van der Waals surface area contributed by atoms with Crippen LogP contribution in [-0.4, -0.2) is 43.3 Å². The zero-order valence-corrected chi connectivity index (χ0v) is 14.8. The number of piperidine rings is 1. The standard InChI is InChI=1S/C18H22N4O4/c1-25-15-9-14(10-16(11-15)26-2)20-13-5-4-8-21(12-13)18-17(22(23)24)6-3-7-19-18/h3,6-7,9-11,13,20H,4-5,8,12H2,1-2H3. The number of methoxy groups -OCH3 is 2. The molecule has 0 radical (unpaired) electrons. The molecule has 1 unspecified atom stereocenters. The van der Waals surface area contributed by atoms with Crippen molar-refractivity contribution in [3.05, 3.63) is 46.6 Å². The topological polar surface area (TPSA) is 89.8 Å². The third kappa shape index (κ3) is 3.96. The van der Waals surface area contributed by atoms with Gasteiger partial charge in [0.1, 0.15) is 11.5 Å². The van der Waals surface area contributed by atoms with Gasteiger partial charge >= 0.3 is 5.69 Å². The van der Waals surface area contributed by atoms with Crippen LogP contribution in [0.3, 0.4) is 0 Å². The second-order valence-corrected chi connectivity index (χ2v) is 6.13. The zero-order valence-electron chi connectivity index (χ0n) is 14.8. The fourth-order valence-electron chi connectivity index (χ4n) is 3.19. The van der Waals surface area contributed by atoms with Crippen molar-refractivity contribution in [3.8, 4) is 11.5 Å². The number of hydrogen-bond donors (Lipinski definition) is 1. The highest BCUT2D eigenvalue weighted by molar-refractivity contribution is 5.59. The lowest BCUT2D eigenvalue weighted by Crippen LogP contribution is -2.42. The normalized spacial score (nSPS) is 16.8. The summed E-state index contributed by atoms with van der Waals surface area (Å²) in [4.78, 5) is 17.1. The largest absolute Gasteiger partial charge is 0.497 e. The highest BCUT2D eigenvalue weighted by Gasteiger charge is 2.26. The SMILES string of the molecule is COc1cc(NC2CCCN(c3ncccc3[N+](=O)[O-])C2)cc(OC)c1. The van der Waals surface area contributed by atoms with Gasteiger partial charge in [-0.2, -0.15) is 0 Å². The number of anilines is 2. The molecule has 1 aromatic carbocycles. The maximum absolute atomic E-state index is 11.3. The predicted octanol–water partition coefficient (Wildman–Crippen LogP) is 3.09. The summed E-state index contributed by atoms with van der Waals surface area (Å²) in [5.74, 6) is 1.84.